The van der Waals surface area contributed by atoms with Gasteiger partial charge in [0, 0.05) is 4.48 Å². The highest BCUT2D eigenvalue weighted by Gasteiger charge is 2.22. The molecule has 0 saturated heterocycles. The third-order valence-electron chi connectivity index (χ3n) is 1.55. The number of aliphatic hydroxyl groups excluding tert-OH is 2. The van der Waals surface area contributed by atoms with Crippen LogP contribution in [-0.4, -0.2) is 22.4 Å². The fourth-order valence-electron chi connectivity index (χ4n) is 0.808. The molecule has 0 spiro atoms. The van der Waals surface area contributed by atoms with Crippen LogP contribution < -0.4 is 0 Å². The first kappa shape index (κ1) is 7.98. The van der Waals surface area contributed by atoms with Crippen LogP contribution in [0, 0.1) is 0 Å². The predicted octanol–water partition coefficient (Wildman–Crippen LogP) is 0.947. The summed E-state index contributed by atoms with van der Waals surface area (Å²) in [5.41, 5.74) is 0.788. The van der Waals surface area contributed by atoms with Gasteiger partial charge in [-0.2, -0.15) is 0 Å². The first-order valence-corrected chi connectivity index (χ1v) is 3.82. The van der Waals surface area contributed by atoms with Gasteiger partial charge in [-0.3, -0.25) is 0 Å². The van der Waals surface area contributed by atoms with E-state index in [1.807, 2.05) is 0 Å². The van der Waals surface area contributed by atoms with E-state index < -0.39 is 12.2 Å². The quantitative estimate of drug-likeness (QED) is 0.618. The Hall–Kier alpha value is -0.120. The minimum absolute atomic E-state index is 0.630. The second-order valence-electron chi connectivity index (χ2n) is 2.35. The molecule has 0 aliphatic heterocycles. The fraction of sp³-hybridized carbons (Fsp3) is 0.429. The lowest BCUT2D eigenvalue weighted by Crippen LogP contribution is -2.28. The van der Waals surface area contributed by atoms with Crippen molar-refractivity contribution in [3.8, 4) is 0 Å². The molecule has 1 rings (SSSR count). The zero-order valence-corrected chi connectivity index (χ0v) is 7.17. The molecule has 2 N–H and O–H groups in total. The first-order chi connectivity index (χ1) is 4.63. The van der Waals surface area contributed by atoms with Crippen LogP contribution in [-0.2, 0) is 0 Å². The van der Waals surface area contributed by atoms with Gasteiger partial charge in [-0.25, -0.2) is 0 Å². The van der Waals surface area contributed by atoms with Crippen molar-refractivity contribution in [3.05, 3.63) is 22.2 Å². The molecule has 0 radical (unpaired) electrons. The lowest BCUT2D eigenvalue weighted by Gasteiger charge is -2.21. The molecule has 0 aromatic carbocycles. The van der Waals surface area contributed by atoms with Crippen LogP contribution in [0.3, 0.4) is 0 Å². The molecule has 0 heterocycles. The normalized spacial score (nSPS) is 33.2. The SMILES string of the molecule is CC1=CC=C(Br)[C@H](O)[C@@H]1O. The van der Waals surface area contributed by atoms with E-state index in [9.17, 15) is 10.2 Å². The summed E-state index contributed by atoms with van der Waals surface area (Å²) in [5, 5.41) is 18.4. The second kappa shape index (κ2) is 2.86. The molecule has 0 aromatic rings. The molecule has 0 saturated carbocycles. The van der Waals surface area contributed by atoms with Gasteiger partial charge >= 0.3 is 0 Å². The maximum absolute atomic E-state index is 9.23. The van der Waals surface area contributed by atoms with E-state index in [0.29, 0.717) is 4.48 Å². The van der Waals surface area contributed by atoms with Gasteiger partial charge in [0.2, 0.25) is 0 Å². The van der Waals surface area contributed by atoms with Crippen LogP contribution in [0.25, 0.3) is 0 Å². The molecular formula is C7H9BrO2. The van der Waals surface area contributed by atoms with Gasteiger partial charge in [0.1, 0.15) is 12.2 Å². The maximum Gasteiger partial charge on any atom is 0.115 e. The van der Waals surface area contributed by atoms with Crippen molar-refractivity contribution in [2.24, 2.45) is 0 Å². The van der Waals surface area contributed by atoms with E-state index in [1.165, 1.54) is 0 Å². The van der Waals surface area contributed by atoms with Crippen molar-refractivity contribution in [1.29, 1.82) is 0 Å². The highest BCUT2D eigenvalue weighted by Crippen LogP contribution is 2.23. The molecule has 0 unspecified atom stereocenters. The maximum atomic E-state index is 9.23. The molecule has 56 valence electrons. The third kappa shape index (κ3) is 1.31. The third-order valence-corrected chi connectivity index (χ3v) is 2.29. The van der Waals surface area contributed by atoms with Gasteiger partial charge < -0.3 is 10.2 Å². The van der Waals surface area contributed by atoms with E-state index >= 15 is 0 Å². The highest BCUT2D eigenvalue weighted by atomic mass is 79.9. The Morgan fingerprint density at radius 1 is 1.30 bits per heavy atom. The van der Waals surface area contributed by atoms with Gasteiger partial charge in [0.15, 0.2) is 0 Å². The Morgan fingerprint density at radius 2 is 1.90 bits per heavy atom. The molecule has 1 aliphatic carbocycles. The number of rotatable bonds is 0. The number of aliphatic hydroxyl groups is 2. The summed E-state index contributed by atoms with van der Waals surface area (Å²) in [6.07, 6.45) is 1.98. The zero-order chi connectivity index (χ0) is 7.72. The molecule has 3 heteroatoms. The average Bonchev–Trinajstić information content (AvgIpc) is 1.93. The highest BCUT2D eigenvalue weighted by molar-refractivity contribution is 9.11. The largest absolute Gasteiger partial charge is 0.386 e. The summed E-state index contributed by atoms with van der Waals surface area (Å²) in [7, 11) is 0. The van der Waals surface area contributed by atoms with Crippen LogP contribution >= 0.6 is 15.9 Å². The van der Waals surface area contributed by atoms with Crippen molar-refractivity contribution in [2.75, 3.05) is 0 Å². The van der Waals surface area contributed by atoms with Gasteiger partial charge in [-0.15, -0.1) is 0 Å². The molecule has 1 aliphatic rings. The van der Waals surface area contributed by atoms with Crippen molar-refractivity contribution in [1.82, 2.24) is 0 Å². The smallest absolute Gasteiger partial charge is 0.115 e. The standard InChI is InChI=1S/C7H9BrO2/c1-4-2-3-5(8)7(10)6(4)9/h2-3,6-7,9-10H,1H3/t6-,7+/m1/s1. The van der Waals surface area contributed by atoms with Gasteiger partial charge in [-0.1, -0.05) is 22.0 Å². The summed E-state index contributed by atoms with van der Waals surface area (Å²) in [6, 6.07) is 0. The zero-order valence-electron chi connectivity index (χ0n) is 5.58. The van der Waals surface area contributed by atoms with Crippen molar-refractivity contribution < 1.29 is 10.2 Å². The summed E-state index contributed by atoms with van der Waals surface area (Å²) >= 11 is 3.13. The van der Waals surface area contributed by atoms with Gasteiger partial charge in [0.05, 0.1) is 0 Å². The molecule has 0 bridgehead atoms. The van der Waals surface area contributed by atoms with E-state index in [0.717, 1.165) is 5.57 Å². The number of allylic oxidation sites excluding steroid dienone is 2. The van der Waals surface area contributed by atoms with Crippen LogP contribution in [0.5, 0.6) is 0 Å². The Balaban J connectivity index is 2.86. The molecule has 2 nitrogen and oxygen atoms in total. The lowest BCUT2D eigenvalue weighted by molar-refractivity contribution is 0.0697. The van der Waals surface area contributed by atoms with Crippen molar-refractivity contribution in [3.63, 3.8) is 0 Å². The van der Waals surface area contributed by atoms with Crippen LogP contribution in [0.4, 0.5) is 0 Å². The summed E-state index contributed by atoms with van der Waals surface area (Å²) in [5.74, 6) is 0. The lowest BCUT2D eigenvalue weighted by atomic mass is 10.0. The van der Waals surface area contributed by atoms with Crippen LogP contribution in [0.2, 0.25) is 0 Å². The Kier molecular flexibility index (Phi) is 2.28. The number of halogens is 1. The second-order valence-corrected chi connectivity index (χ2v) is 3.27. The average molecular weight is 205 g/mol. The summed E-state index contributed by atoms with van der Waals surface area (Å²) in [6.45, 7) is 1.78. The van der Waals surface area contributed by atoms with Crippen molar-refractivity contribution in [2.45, 2.75) is 19.1 Å². The first-order valence-electron chi connectivity index (χ1n) is 3.03. The van der Waals surface area contributed by atoms with Crippen LogP contribution in [0.15, 0.2) is 22.2 Å². The fourth-order valence-corrected chi connectivity index (χ4v) is 1.19. The summed E-state index contributed by atoms with van der Waals surface area (Å²) < 4.78 is 0.630. The number of hydrogen-bond donors (Lipinski definition) is 2. The van der Waals surface area contributed by atoms with Gasteiger partial charge in [-0.05, 0) is 18.6 Å². The van der Waals surface area contributed by atoms with Crippen LogP contribution in [0.1, 0.15) is 6.92 Å². The molecule has 0 amide bonds. The number of hydrogen-bond acceptors (Lipinski definition) is 2. The van der Waals surface area contributed by atoms with Crippen molar-refractivity contribution >= 4 is 15.9 Å². The van der Waals surface area contributed by atoms with E-state index in [1.54, 1.807) is 19.1 Å². The Bertz CT molecular complexity index is 174. The molecule has 10 heavy (non-hydrogen) atoms. The van der Waals surface area contributed by atoms with E-state index in [4.69, 9.17) is 0 Å². The topological polar surface area (TPSA) is 40.5 Å². The minimum Gasteiger partial charge on any atom is -0.386 e. The monoisotopic (exact) mass is 204 g/mol. The molecule has 2 atom stereocenters. The Morgan fingerprint density at radius 3 is 2.40 bits per heavy atom. The summed E-state index contributed by atoms with van der Waals surface area (Å²) in [4.78, 5) is 0. The van der Waals surface area contributed by atoms with Gasteiger partial charge in [0.25, 0.3) is 0 Å². The molecular weight excluding hydrogens is 196 g/mol. The van der Waals surface area contributed by atoms with E-state index in [-0.39, 0.29) is 0 Å². The van der Waals surface area contributed by atoms with E-state index in [2.05, 4.69) is 15.9 Å². The Labute approximate surface area is 68.0 Å². The minimum atomic E-state index is -0.787. The molecule has 0 fully saturated rings. The predicted molar refractivity (Wildman–Crippen MR) is 42.8 cm³/mol. The molecule has 0 aromatic heterocycles.